The number of rotatable bonds is 5. The van der Waals surface area contributed by atoms with Gasteiger partial charge in [-0.25, -0.2) is 0 Å². The molecule has 0 aromatic heterocycles. The van der Waals surface area contributed by atoms with Gasteiger partial charge in [0.15, 0.2) is 11.5 Å². The van der Waals surface area contributed by atoms with Gasteiger partial charge in [0, 0.05) is 18.2 Å². The van der Waals surface area contributed by atoms with Crippen LogP contribution in [0.4, 0.5) is 0 Å². The van der Waals surface area contributed by atoms with E-state index in [1.807, 2.05) is 30.3 Å². The molecule has 2 amide bonds. The Labute approximate surface area is 212 Å². The van der Waals surface area contributed by atoms with Crippen LogP contribution < -0.4 is 14.8 Å². The molecule has 2 heterocycles. The molecule has 8 rings (SSSR count). The van der Waals surface area contributed by atoms with E-state index in [-0.39, 0.29) is 36.1 Å². The number of hydrogen-bond donors (Lipinski definition) is 1. The van der Waals surface area contributed by atoms with E-state index in [2.05, 4.69) is 42.3 Å². The zero-order valence-electron chi connectivity index (χ0n) is 21.0. The van der Waals surface area contributed by atoms with Gasteiger partial charge in [0.25, 0.3) is 0 Å². The van der Waals surface area contributed by atoms with Crippen LogP contribution in [0.5, 0.6) is 11.5 Å². The van der Waals surface area contributed by atoms with Crippen LogP contribution in [0.15, 0.2) is 48.5 Å². The molecule has 1 N–H and O–H groups in total. The Morgan fingerprint density at radius 2 is 1.75 bits per heavy atom. The number of para-hydroxylation sites is 1. The van der Waals surface area contributed by atoms with E-state index >= 15 is 0 Å². The molecule has 36 heavy (non-hydrogen) atoms. The minimum absolute atomic E-state index is 0.0352. The number of carbonyl (C=O) groups is 2. The van der Waals surface area contributed by atoms with Crippen molar-refractivity contribution in [2.24, 2.45) is 28.6 Å². The van der Waals surface area contributed by atoms with Gasteiger partial charge in [-0.05, 0) is 75.3 Å². The van der Waals surface area contributed by atoms with Gasteiger partial charge in [0.1, 0.15) is 0 Å². The summed E-state index contributed by atoms with van der Waals surface area (Å²) in [5.41, 5.74) is 1.41. The number of fused-ring (bicyclic) bond motifs is 1. The molecule has 1 saturated heterocycles. The number of β-lactam (4-membered cyclic amide) rings is 1. The maximum absolute atomic E-state index is 13.6. The van der Waals surface area contributed by atoms with E-state index < -0.39 is 5.41 Å². The summed E-state index contributed by atoms with van der Waals surface area (Å²) in [5, 5.41) is 3.26. The van der Waals surface area contributed by atoms with Crippen molar-refractivity contribution < 1.29 is 19.1 Å². The van der Waals surface area contributed by atoms with Gasteiger partial charge in [0.05, 0.1) is 16.9 Å². The molecule has 0 spiro atoms. The highest BCUT2D eigenvalue weighted by molar-refractivity contribution is 5.91. The van der Waals surface area contributed by atoms with Gasteiger partial charge in [0.2, 0.25) is 18.6 Å². The maximum atomic E-state index is 13.6. The van der Waals surface area contributed by atoms with Crippen molar-refractivity contribution in [1.82, 2.24) is 10.2 Å². The zero-order chi connectivity index (χ0) is 24.7. The van der Waals surface area contributed by atoms with E-state index in [0.717, 1.165) is 54.7 Å². The van der Waals surface area contributed by atoms with Gasteiger partial charge in [-0.1, -0.05) is 42.5 Å². The number of likely N-dealkylation sites (tertiary alicyclic amines) is 1. The number of benzene rings is 2. The summed E-state index contributed by atoms with van der Waals surface area (Å²) >= 11 is 0. The first-order valence-electron chi connectivity index (χ1n) is 13.4. The lowest BCUT2D eigenvalue weighted by Gasteiger charge is -2.66. The van der Waals surface area contributed by atoms with Crippen molar-refractivity contribution >= 4 is 11.8 Å². The summed E-state index contributed by atoms with van der Waals surface area (Å²) in [7, 11) is 0. The van der Waals surface area contributed by atoms with E-state index in [0.29, 0.717) is 24.3 Å². The minimum Gasteiger partial charge on any atom is -0.454 e. The standard InChI is InChI=1S/C30H34N2O4/c1-29(2)26(22-9-6-10-23-25(22)36-17-35-23)32(28(29)34)24-20-11-19-12-21(24)15-30(13-19,14-20)27(33)31-16-18-7-4-3-5-8-18/h3-10,19-21,24,26H,11-17H2,1-2H3,(H,31,33)/t19?,20-,21?,24-,26?,30-/m0/s1. The van der Waals surface area contributed by atoms with Gasteiger partial charge in [-0.2, -0.15) is 0 Å². The Bertz CT molecular complexity index is 1210. The molecule has 4 saturated carbocycles. The van der Waals surface area contributed by atoms with Crippen LogP contribution in [0.1, 0.15) is 63.1 Å². The molecule has 6 nitrogen and oxygen atoms in total. The Balaban J connectivity index is 1.16. The van der Waals surface area contributed by atoms with Crippen molar-refractivity contribution in [2.45, 2.75) is 64.6 Å². The van der Waals surface area contributed by atoms with Gasteiger partial charge >= 0.3 is 0 Å². The van der Waals surface area contributed by atoms with E-state index in [4.69, 9.17) is 9.47 Å². The highest BCUT2D eigenvalue weighted by Gasteiger charge is 2.66. The lowest BCUT2D eigenvalue weighted by Crippen LogP contribution is -2.71. The Morgan fingerprint density at radius 3 is 2.50 bits per heavy atom. The van der Waals surface area contributed by atoms with Crippen LogP contribution in [-0.2, 0) is 16.1 Å². The highest BCUT2D eigenvalue weighted by Crippen LogP contribution is 2.65. The summed E-state index contributed by atoms with van der Waals surface area (Å²) in [6, 6.07) is 16.3. The molecule has 6 aliphatic rings. The molecule has 4 aliphatic carbocycles. The predicted molar refractivity (Wildman–Crippen MR) is 134 cm³/mol. The van der Waals surface area contributed by atoms with Crippen LogP contribution in [0.3, 0.4) is 0 Å². The average Bonchev–Trinajstić information content (AvgIpc) is 3.36. The fraction of sp³-hybridized carbons (Fsp3) is 0.533. The van der Waals surface area contributed by atoms with E-state index in [1.54, 1.807) is 0 Å². The largest absolute Gasteiger partial charge is 0.454 e. The number of nitrogens with zero attached hydrogens (tertiary/aromatic N) is 1. The summed E-state index contributed by atoms with van der Waals surface area (Å²) in [6.07, 6.45) is 5.01. The first-order chi connectivity index (χ1) is 17.4. The van der Waals surface area contributed by atoms with Gasteiger partial charge in [-0.15, -0.1) is 0 Å². The molecular weight excluding hydrogens is 452 g/mol. The molecule has 4 bridgehead atoms. The normalized spacial score (nSPS) is 35.0. The smallest absolute Gasteiger partial charge is 0.231 e. The quantitative estimate of drug-likeness (QED) is 0.615. The number of amides is 2. The van der Waals surface area contributed by atoms with Gasteiger partial charge in [-0.3, -0.25) is 9.59 Å². The number of carbonyl (C=O) groups excluding carboxylic acids is 2. The average molecular weight is 487 g/mol. The first-order valence-corrected chi connectivity index (χ1v) is 13.4. The van der Waals surface area contributed by atoms with Crippen molar-refractivity contribution in [1.29, 1.82) is 0 Å². The third-order valence-electron chi connectivity index (χ3n) is 9.79. The molecule has 2 aromatic carbocycles. The van der Waals surface area contributed by atoms with E-state index in [1.165, 1.54) is 0 Å². The summed E-state index contributed by atoms with van der Waals surface area (Å²) in [5.74, 6) is 3.31. The molecule has 5 fully saturated rings. The molecule has 6 atom stereocenters. The minimum atomic E-state index is -0.486. The SMILES string of the molecule is CC1(C)C(=O)N([C@@H]2C3CC4C[C@H]2C[C@@](C(=O)NCc2ccccc2)(C4)C3)C1c1cccc2c1OCO2. The predicted octanol–water partition coefficient (Wildman–Crippen LogP) is 4.84. The van der Waals surface area contributed by atoms with Crippen molar-refractivity contribution in [3.05, 3.63) is 59.7 Å². The van der Waals surface area contributed by atoms with Crippen LogP contribution in [0.25, 0.3) is 0 Å². The Morgan fingerprint density at radius 1 is 1.00 bits per heavy atom. The van der Waals surface area contributed by atoms with Crippen LogP contribution >= 0.6 is 0 Å². The number of hydrogen-bond acceptors (Lipinski definition) is 4. The summed E-state index contributed by atoms with van der Waals surface area (Å²) in [6.45, 7) is 4.91. The topological polar surface area (TPSA) is 67.9 Å². The van der Waals surface area contributed by atoms with Crippen molar-refractivity contribution in [2.75, 3.05) is 6.79 Å². The third kappa shape index (κ3) is 3.09. The highest BCUT2D eigenvalue weighted by atomic mass is 16.7. The zero-order valence-corrected chi connectivity index (χ0v) is 21.0. The molecule has 3 unspecified atom stereocenters. The number of nitrogens with one attached hydrogen (secondary N) is 1. The summed E-state index contributed by atoms with van der Waals surface area (Å²) in [4.78, 5) is 29.4. The van der Waals surface area contributed by atoms with Crippen molar-refractivity contribution in [3.8, 4) is 11.5 Å². The fourth-order valence-corrected chi connectivity index (χ4v) is 8.56. The maximum Gasteiger partial charge on any atom is 0.231 e. The third-order valence-corrected chi connectivity index (χ3v) is 9.79. The van der Waals surface area contributed by atoms with Crippen LogP contribution in [0.2, 0.25) is 0 Å². The van der Waals surface area contributed by atoms with Crippen LogP contribution in [0, 0.1) is 28.6 Å². The van der Waals surface area contributed by atoms with Crippen molar-refractivity contribution in [3.63, 3.8) is 0 Å². The lowest BCUT2D eigenvalue weighted by molar-refractivity contribution is -0.199. The van der Waals surface area contributed by atoms with Gasteiger partial charge < -0.3 is 19.7 Å². The second kappa shape index (κ2) is 7.74. The molecular formula is C30H34N2O4. The molecule has 6 heteroatoms. The molecule has 0 radical (unpaired) electrons. The molecule has 188 valence electrons. The van der Waals surface area contributed by atoms with E-state index in [9.17, 15) is 9.59 Å². The second-order valence-corrected chi connectivity index (χ2v) is 12.3. The fourth-order valence-electron chi connectivity index (χ4n) is 8.56. The number of ether oxygens (including phenoxy) is 2. The molecule has 2 aliphatic heterocycles. The Hall–Kier alpha value is -3.02. The lowest BCUT2D eigenvalue weighted by atomic mass is 9.46. The first kappa shape index (κ1) is 22.2. The molecule has 2 aromatic rings. The Kier molecular flexibility index (Phi) is 4.77. The monoisotopic (exact) mass is 486 g/mol. The summed E-state index contributed by atoms with van der Waals surface area (Å²) < 4.78 is 11.5. The second-order valence-electron chi connectivity index (χ2n) is 12.3. The van der Waals surface area contributed by atoms with Crippen LogP contribution in [-0.4, -0.2) is 29.5 Å².